The van der Waals surface area contributed by atoms with Crippen molar-refractivity contribution in [2.24, 2.45) is 11.7 Å². The second-order valence-electron chi connectivity index (χ2n) is 5.07. The number of carbonyl (C=O) groups is 1. The molecule has 2 rings (SSSR count). The SMILES string of the molecule is NC(CNC(=O)CCCOc1ccccc1)C1CC1. The number of benzene rings is 1. The smallest absolute Gasteiger partial charge is 0.220 e. The second-order valence-corrected chi connectivity index (χ2v) is 5.07. The third-order valence-corrected chi connectivity index (χ3v) is 3.32. The van der Waals surface area contributed by atoms with E-state index in [1.54, 1.807) is 0 Å². The van der Waals surface area contributed by atoms with Gasteiger partial charge in [0.15, 0.2) is 0 Å². The summed E-state index contributed by atoms with van der Waals surface area (Å²) in [4.78, 5) is 11.6. The van der Waals surface area contributed by atoms with Gasteiger partial charge in [0.25, 0.3) is 0 Å². The quantitative estimate of drug-likeness (QED) is 0.701. The molecule has 1 atom stereocenters. The van der Waals surface area contributed by atoms with Crippen molar-refractivity contribution >= 4 is 5.91 Å². The largest absolute Gasteiger partial charge is 0.494 e. The summed E-state index contributed by atoms with van der Waals surface area (Å²) in [5.41, 5.74) is 5.92. The van der Waals surface area contributed by atoms with Crippen molar-refractivity contribution in [3.63, 3.8) is 0 Å². The van der Waals surface area contributed by atoms with Gasteiger partial charge in [0.05, 0.1) is 6.61 Å². The van der Waals surface area contributed by atoms with Crippen LogP contribution in [0.15, 0.2) is 30.3 Å². The molecule has 104 valence electrons. The van der Waals surface area contributed by atoms with Gasteiger partial charge in [-0.15, -0.1) is 0 Å². The number of ether oxygens (including phenoxy) is 1. The van der Waals surface area contributed by atoms with Crippen molar-refractivity contribution in [3.8, 4) is 5.75 Å². The van der Waals surface area contributed by atoms with E-state index in [1.165, 1.54) is 12.8 Å². The summed E-state index contributed by atoms with van der Waals surface area (Å²) in [7, 11) is 0. The van der Waals surface area contributed by atoms with Crippen molar-refractivity contribution in [2.45, 2.75) is 31.7 Å². The number of amides is 1. The minimum atomic E-state index is 0.0627. The normalized spacial score (nSPS) is 15.8. The lowest BCUT2D eigenvalue weighted by molar-refractivity contribution is -0.121. The third kappa shape index (κ3) is 5.30. The maximum atomic E-state index is 11.6. The van der Waals surface area contributed by atoms with Crippen LogP contribution in [0, 0.1) is 5.92 Å². The van der Waals surface area contributed by atoms with Crippen LogP contribution in [0.5, 0.6) is 5.75 Å². The topological polar surface area (TPSA) is 64.3 Å². The van der Waals surface area contributed by atoms with E-state index in [4.69, 9.17) is 10.5 Å². The Bertz CT molecular complexity index is 390. The molecule has 0 saturated heterocycles. The number of carbonyl (C=O) groups excluding carboxylic acids is 1. The molecular formula is C15H22N2O2. The first-order valence-electron chi connectivity index (χ1n) is 6.96. The highest BCUT2D eigenvalue weighted by atomic mass is 16.5. The molecule has 1 aromatic rings. The Kier molecular flexibility index (Phi) is 5.21. The van der Waals surface area contributed by atoms with Crippen molar-refractivity contribution in [1.29, 1.82) is 0 Å². The van der Waals surface area contributed by atoms with E-state index >= 15 is 0 Å². The lowest BCUT2D eigenvalue weighted by Crippen LogP contribution is -2.38. The van der Waals surface area contributed by atoms with Gasteiger partial charge in [0.1, 0.15) is 5.75 Å². The summed E-state index contributed by atoms with van der Waals surface area (Å²) in [5, 5.41) is 2.88. The van der Waals surface area contributed by atoms with Gasteiger partial charge < -0.3 is 15.8 Å². The monoisotopic (exact) mass is 262 g/mol. The summed E-state index contributed by atoms with van der Waals surface area (Å²) in [6, 6.07) is 9.76. The van der Waals surface area contributed by atoms with Crippen LogP contribution in [0.1, 0.15) is 25.7 Å². The first-order valence-corrected chi connectivity index (χ1v) is 6.96. The van der Waals surface area contributed by atoms with E-state index in [0.29, 0.717) is 25.5 Å². The number of rotatable bonds is 8. The van der Waals surface area contributed by atoms with Crippen LogP contribution in [-0.2, 0) is 4.79 Å². The predicted molar refractivity (Wildman–Crippen MR) is 74.9 cm³/mol. The Labute approximate surface area is 114 Å². The molecule has 0 bridgehead atoms. The molecule has 1 amide bonds. The number of para-hydroxylation sites is 1. The van der Waals surface area contributed by atoms with Crippen LogP contribution in [0.4, 0.5) is 0 Å². The van der Waals surface area contributed by atoms with Crippen LogP contribution in [0.3, 0.4) is 0 Å². The average molecular weight is 262 g/mol. The van der Waals surface area contributed by atoms with Crippen molar-refractivity contribution in [1.82, 2.24) is 5.32 Å². The molecule has 19 heavy (non-hydrogen) atoms. The predicted octanol–water partition coefficient (Wildman–Crippen LogP) is 1.70. The van der Waals surface area contributed by atoms with Crippen LogP contribution in [-0.4, -0.2) is 25.1 Å². The zero-order valence-electron chi connectivity index (χ0n) is 11.2. The molecule has 1 unspecified atom stereocenters. The fourth-order valence-electron chi connectivity index (χ4n) is 1.95. The van der Waals surface area contributed by atoms with E-state index in [9.17, 15) is 4.79 Å². The Morgan fingerprint density at radius 2 is 2.11 bits per heavy atom. The molecule has 1 aliphatic carbocycles. The molecule has 1 fully saturated rings. The summed E-state index contributed by atoms with van der Waals surface area (Å²) in [6.45, 7) is 1.16. The van der Waals surface area contributed by atoms with Gasteiger partial charge >= 0.3 is 0 Å². The van der Waals surface area contributed by atoms with Gasteiger partial charge in [-0.05, 0) is 37.3 Å². The standard InChI is InChI=1S/C15H22N2O2/c16-14(12-8-9-12)11-17-15(18)7-4-10-19-13-5-2-1-3-6-13/h1-3,5-6,12,14H,4,7-11,16H2,(H,17,18). The van der Waals surface area contributed by atoms with E-state index in [2.05, 4.69) is 5.32 Å². The number of nitrogens with two attached hydrogens (primary N) is 1. The summed E-state index contributed by atoms with van der Waals surface area (Å²) < 4.78 is 5.53. The summed E-state index contributed by atoms with van der Waals surface area (Å²) in [5.74, 6) is 1.54. The number of hydrogen-bond donors (Lipinski definition) is 2. The van der Waals surface area contributed by atoms with Gasteiger partial charge in [-0.3, -0.25) is 4.79 Å². The van der Waals surface area contributed by atoms with E-state index < -0.39 is 0 Å². The van der Waals surface area contributed by atoms with Gasteiger partial charge in [-0.25, -0.2) is 0 Å². The maximum Gasteiger partial charge on any atom is 0.220 e. The van der Waals surface area contributed by atoms with Crippen molar-refractivity contribution in [3.05, 3.63) is 30.3 Å². The molecular weight excluding hydrogens is 240 g/mol. The second kappa shape index (κ2) is 7.14. The first kappa shape index (κ1) is 13.9. The molecule has 1 saturated carbocycles. The lowest BCUT2D eigenvalue weighted by Gasteiger charge is -2.11. The van der Waals surface area contributed by atoms with Crippen LogP contribution >= 0.6 is 0 Å². The number of nitrogens with one attached hydrogen (secondary N) is 1. The minimum Gasteiger partial charge on any atom is -0.494 e. The molecule has 4 heteroatoms. The van der Waals surface area contributed by atoms with E-state index in [-0.39, 0.29) is 11.9 Å². The highest BCUT2D eigenvalue weighted by Gasteiger charge is 2.28. The number of hydrogen-bond acceptors (Lipinski definition) is 3. The van der Waals surface area contributed by atoms with Crippen molar-refractivity contribution in [2.75, 3.05) is 13.2 Å². The Hall–Kier alpha value is -1.55. The van der Waals surface area contributed by atoms with Crippen LogP contribution in [0.2, 0.25) is 0 Å². The van der Waals surface area contributed by atoms with Gasteiger partial charge in [-0.2, -0.15) is 0 Å². The molecule has 4 nitrogen and oxygen atoms in total. The highest BCUT2D eigenvalue weighted by molar-refractivity contribution is 5.75. The van der Waals surface area contributed by atoms with Gasteiger partial charge in [0, 0.05) is 19.0 Å². The average Bonchev–Trinajstić information content (AvgIpc) is 3.27. The minimum absolute atomic E-state index is 0.0627. The van der Waals surface area contributed by atoms with E-state index in [1.807, 2.05) is 30.3 Å². The molecule has 3 N–H and O–H groups in total. The Morgan fingerprint density at radius 1 is 1.37 bits per heavy atom. The lowest BCUT2D eigenvalue weighted by atomic mass is 10.2. The third-order valence-electron chi connectivity index (χ3n) is 3.32. The Morgan fingerprint density at radius 3 is 2.79 bits per heavy atom. The fraction of sp³-hybridized carbons (Fsp3) is 0.533. The summed E-state index contributed by atoms with van der Waals surface area (Å²) >= 11 is 0. The Balaban J connectivity index is 1.51. The first-order chi connectivity index (χ1) is 9.25. The molecule has 1 aliphatic rings. The summed E-state index contributed by atoms with van der Waals surface area (Å²) in [6.07, 6.45) is 3.63. The van der Waals surface area contributed by atoms with Crippen LogP contribution < -0.4 is 15.8 Å². The zero-order chi connectivity index (χ0) is 13.5. The van der Waals surface area contributed by atoms with Crippen molar-refractivity contribution < 1.29 is 9.53 Å². The van der Waals surface area contributed by atoms with Gasteiger partial charge in [0.2, 0.25) is 5.91 Å². The molecule has 0 radical (unpaired) electrons. The molecule has 0 aliphatic heterocycles. The van der Waals surface area contributed by atoms with Gasteiger partial charge in [-0.1, -0.05) is 18.2 Å². The molecule has 1 aromatic carbocycles. The molecule has 0 aromatic heterocycles. The highest BCUT2D eigenvalue weighted by Crippen LogP contribution is 2.31. The van der Waals surface area contributed by atoms with E-state index in [0.717, 1.165) is 12.2 Å². The zero-order valence-corrected chi connectivity index (χ0v) is 11.2. The van der Waals surface area contributed by atoms with Crippen LogP contribution in [0.25, 0.3) is 0 Å². The molecule has 0 spiro atoms. The fourth-order valence-corrected chi connectivity index (χ4v) is 1.95. The maximum absolute atomic E-state index is 11.6. The molecule has 0 heterocycles.